The number of aliphatic carboxylic acids is 1. The van der Waals surface area contributed by atoms with Crippen molar-refractivity contribution in [2.24, 2.45) is 0 Å². The SMILES string of the molecule is C=C(/C=C/C=C1/Nc2ccc3ccccc3c2C1(C)CCCCC)C(C)(CCCC(=O)O)c1ccccc1C. The van der Waals surface area contributed by atoms with Crippen molar-refractivity contribution in [2.45, 2.75) is 83.5 Å². The largest absolute Gasteiger partial charge is 0.481 e. The van der Waals surface area contributed by atoms with Gasteiger partial charge in [-0.05, 0) is 78.3 Å². The van der Waals surface area contributed by atoms with Crippen LogP contribution in [0.15, 0.2) is 96.7 Å². The standard InChI is InChI=1S/C36H43NO2/c1-6-7-12-24-36(5)32(37-31-23-22-28-17-9-10-18-29(28)34(31)36)20-13-16-27(3)35(4,25-14-21-33(38)39)30-19-11-8-15-26(30)2/h8-11,13,15-20,22-23,37H,3,6-7,12,14,21,24-25H2,1-2,4-5H3,(H,38,39)/b16-13+,32-20+. The molecule has 2 atom stereocenters. The van der Waals surface area contributed by atoms with Crippen LogP contribution in [0.3, 0.4) is 0 Å². The van der Waals surface area contributed by atoms with Crippen molar-refractivity contribution in [2.75, 3.05) is 5.32 Å². The van der Waals surface area contributed by atoms with E-state index in [9.17, 15) is 9.90 Å². The van der Waals surface area contributed by atoms with Gasteiger partial charge in [0.15, 0.2) is 0 Å². The van der Waals surface area contributed by atoms with Crippen LogP contribution in [0, 0.1) is 6.92 Å². The highest BCUT2D eigenvalue weighted by Crippen LogP contribution is 2.50. The van der Waals surface area contributed by atoms with Gasteiger partial charge in [0.1, 0.15) is 0 Å². The summed E-state index contributed by atoms with van der Waals surface area (Å²) in [6, 6.07) is 21.5. The molecule has 3 aromatic rings. The summed E-state index contributed by atoms with van der Waals surface area (Å²) in [4.78, 5) is 11.3. The molecule has 0 aliphatic carbocycles. The first-order chi connectivity index (χ1) is 18.7. The van der Waals surface area contributed by atoms with Crippen LogP contribution in [0.1, 0.15) is 82.4 Å². The molecule has 3 nitrogen and oxygen atoms in total. The lowest BCUT2D eigenvalue weighted by atomic mass is 9.71. The molecule has 0 saturated carbocycles. The molecule has 0 aromatic heterocycles. The highest BCUT2D eigenvalue weighted by Gasteiger charge is 2.39. The number of aryl methyl sites for hydroxylation is 1. The lowest BCUT2D eigenvalue weighted by Crippen LogP contribution is -2.25. The van der Waals surface area contributed by atoms with Gasteiger partial charge in [-0.25, -0.2) is 0 Å². The minimum absolute atomic E-state index is 0.0994. The van der Waals surface area contributed by atoms with Crippen molar-refractivity contribution in [3.63, 3.8) is 0 Å². The zero-order valence-electron chi connectivity index (χ0n) is 24.0. The summed E-state index contributed by atoms with van der Waals surface area (Å²) in [7, 11) is 0. The van der Waals surface area contributed by atoms with Gasteiger partial charge in [-0.2, -0.15) is 0 Å². The average molecular weight is 522 g/mol. The number of benzene rings is 3. The van der Waals surface area contributed by atoms with Crippen molar-refractivity contribution in [1.29, 1.82) is 0 Å². The van der Waals surface area contributed by atoms with Gasteiger partial charge in [-0.1, -0.05) is 106 Å². The molecule has 4 rings (SSSR count). The Morgan fingerprint density at radius 2 is 1.79 bits per heavy atom. The molecular weight excluding hydrogens is 478 g/mol. The van der Waals surface area contributed by atoms with Crippen LogP contribution in [0.4, 0.5) is 5.69 Å². The Bertz CT molecular complexity index is 1410. The Morgan fingerprint density at radius 3 is 2.54 bits per heavy atom. The summed E-state index contributed by atoms with van der Waals surface area (Å²) in [6.45, 7) is 13.5. The van der Waals surface area contributed by atoms with Crippen molar-refractivity contribution in [1.82, 2.24) is 0 Å². The second-order valence-electron chi connectivity index (χ2n) is 11.5. The Morgan fingerprint density at radius 1 is 1.05 bits per heavy atom. The number of fused-ring (bicyclic) bond motifs is 3. The minimum Gasteiger partial charge on any atom is -0.481 e. The number of rotatable bonds is 12. The normalized spacial score (nSPS) is 19.2. The lowest BCUT2D eigenvalue weighted by Gasteiger charge is -2.33. The topological polar surface area (TPSA) is 49.3 Å². The van der Waals surface area contributed by atoms with E-state index in [0.29, 0.717) is 6.42 Å². The molecule has 0 bridgehead atoms. The number of allylic oxidation sites excluding steroid dienone is 5. The first kappa shape index (κ1) is 28.4. The molecule has 2 unspecified atom stereocenters. The van der Waals surface area contributed by atoms with Gasteiger partial charge in [0.2, 0.25) is 0 Å². The van der Waals surface area contributed by atoms with Crippen molar-refractivity contribution < 1.29 is 9.90 Å². The Kier molecular flexibility index (Phi) is 8.80. The van der Waals surface area contributed by atoms with Crippen molar-refractivity contribution in [3.05, 3.63) is 113 Å². The Balaban J connectivity index is 1.67. The van der Waals surface area contributed by atoms with Gasteiger partial charge in [0.25, 0.3) is 0 Å². The molecule has 2 N–H and O–H groups in total. The van der Waals surface area contributed by atoms with E-state index in [1.165, 1.54) is 58.1 Å². The first-order valence-electron chi connectivity index (χ1n) is 14.4. The monoisotopic (exact) mass is 521 g/mol. The molecule has 1 aliphatic heterocycles. The number of carboxylic acid groups (broad SMARTS) is 1. The van der Waals surface area contributed by atoms with Gasteiger partial charge in [0, 0.05) is 28.6 Å². The smallest absolute Gasteiger partial charge is 0.303 e. The van der Waals surface area contributed by atoms with Crippen LogP contribution in [0.5, 0.6) is 0 Å². The lowest BCUT2D eigenvalue weighted by molar-refractivity contribution is -0.137. The number of carbonyl (C=O) groups is 1. The Labute approximate surface area is 234 Å². The summed E-state index contributed by atoms with van der Waals surface area (Å²) in [5.74, 6) is -0.755. The first-order valence-corrected chi connectivity index (χ1v) is 14.4. The van der Waals surface area contributed by atoms with E-state index in [-0.39, 0.29) is 17.3 Å². The molecule has 3 heteroatoms. The predicted octanol–water partition coefficient (Wildman–Crippen LogP) is 9.62. The van der Waals surface area contributed by atoms with Crippen LogP contribution in [-0.2, 0) is 15.6 Å². The number of nitrogens with one attached hydrogen (secondary N) is 1. The van der Waals surface area contributed by atoms with E-state index >= 15 is 0 Å². The summed E-state index contributed by atoms with van der Waals surface area (Å²) in [5, 5.41) is 15.6. The number of hydrogen-bond donors (Lipinski definition) is 2. The van der Waals surface area contributed by atoms with E-state index in [4.69, 9.17) is 0 Å². The van der Waals surface area contributed by atoms with Crippen LogP contribution < -0.4 is 5.32 Å². The molecular formula is C36H43NO2. The molecule has 0 saturated heterocycles. The van der Waals surface area contributed by atoms with Gasteiger partial charge >= 0.3 is 5.97 Å². The number of carboxylic acids is 1. The third-order valence-corrected chi connectivity index (χ3v) is 8.70. The molecule has 1 heterocycles. The molecule has 0 fully saturated rings. The van der Waals surface area contributed by atoms with E-state index in [1.54, 1.807) is 0 Å². The summed E-state index contributed by atoms with van der Waals surface area (Å²) >= 11 is 0. The highest BCUT2D eigenvalue weighted by molar-refractivity contribution is 5.94. The maximum Gasteiger partial charge on any atom is 0.303 e. The number of unbranched alkanes of at least 4 members (excludes halogenated alkanes) is 2. The van der Waals surface area contributed by atoms with E-state index in [1.807, 2.05) is 6.07 Å². The van der Waals surface area contributed by atoms with Crippen LogP contribution in [-0.4, -0.2) is 11.1 Å². The second-order valence-corrected chi connectivity index (χ2v) is 11.5. The molecule has 1 aliphatic rings. The van der Waals surface area contributed by atoms with E-state index < -0.39 is 5.97 Å². The fraction of sp³-hybridized carbons (Fsp3) is 0.361. The van der Waals surface area contributed by atoms with Crippen molar-refractivity contribution in [3.8, 4) is 0 Å². The van der Waals surface area contributed by atoms with E-state index in [2.05, 4.69) is 112 Å². The van der Waals surface area contributed by atoms with Crippen LogP contribution in [0.25, 0.3) is 10.8 Å². The Hall–Kier alpha value is -3.59. The minimum atomic E-state index is -0.755. The molecule has 3 aromatic carbocycles. The van der Waals surface area contributed by atoms with Crippen molar-refractivity contribution >= 4 is 22.4 Å². The molecule has 0 radical (unpaired) electrons. The van der Waals surface area contributed by atoms with E-state index in [0.717, 1.165) is 18.4 Å². The quantitative estimate of drug-likeness (QED) is 0.184. The number of anilines is 1. The van der Waals surface area contributed by atoms with Crippen LogP contribution >= 0.6 is 0 Å². The maximum atomic E-state index is 11.3. The highest BCUT2D eigenvalue weighted by atomic mass is 16.4. The average Bonchev–Trinajstić information content (AvgIpc) is 3.20. The van der Waals surface area contributed by atoms with Gasteiger partial charge < -0.3 is 10.4 Å². The third-order valence-electron chi connectivity index (χ3n) is 8.70. The third kappa shape index (κ3) is 5.88. The molecule has 204 valence electrons. The fourth-order valence-electron chi connectivity index (χ4n) is 6.30. The maximum absolute atomic E-state index is 11.3. The zero-order valence-corrected chi connectivity index (χ0v) is 24.0. The second kappa shape index (κ2) is 12.1. The fourth-order valence-corrected chi connectivity index (χ4v) is 6.30. The zero-order chi connectivity index (χ0) is 28.0. The summed E-state index contributed by atoms with van der Waals surface area (Å²) in [6.07, 6.45) is 12.7. The summed E-state index contributed by atoms with van der Waals surface area (Å²) < 4.78 is 0. The number of hydrogen-bond acceptors (Lipinski definition) is 2. The van der Waals surface area contributed by atoms with Gasteiger partial charge in [-0.3, -0.25) is 4.79 Å². The van der Waals surface area contributed by atoms with Gasteiger partial charge in [-0.15, -0.1) is 0 Å². The van der Waals surface area contributed by atoms with Gasteiger partial charge in [0.05, 0.1) is 0 Å². The molecule has 39 heavy (non-hydrogen) atoms. The van der Waals surface area contributed by atoms with Crippen LogP contribution in [0.2, 0.25) is 0 Å². The summed E-state index contributed by atoms with van der Waals surface area (Å²) in [5.41, 5.74) is 6.77. The molecule has 0 spiro atoms. The molecule has 0 amide bonds. The predicted molar refractivity (Wildman–Crippen MR) is 165 cm³/mol.